The van der Waals surface area contributed by atoms with Crippen LogP contribution < -0.4 is 0 Å². The quantitative estimate of drug-likeness (QED) is 0.887. The molecule has 1 fully saturated rings. The van der Waals surface area contributed by atoms with E-state index in [0.717, 1.165) is 24.2 Å². The lowest BCUT2D eigenvalue weighted by atomic mass is 10.0. The molecule has 5 heteroatoms. The summed E-state index contributed by atoms with van der Waals surface area (Å²) in [6.07, 6.45) is 2.17. The molecule has 0 aliphatic heterocycles. The molecule has 2 aromatic rings. The summed E-state index contributed by atoms with van der Waals surface area (Å²) < 4.78 is 2.06. The second-order valence-electron chi connectivity index (χ2n) is 6.09. The molecule has 2 N–H and O–H groups in total. The average Bonchev–Trinajstić information content (AvgIpc) is 3.21. The Labute approximate surface area is 123 Å². The number of para-hydroxylation sites is 1. The first-order valence-electron chi connectivity index (χ1n) is 7.39. The van der Waals surface area contributed by atoms with Gasteiger partial charge in [0.15, 0.2) is 0 Å². The van der Waals surface area contributed by atoms with Crippen LogP contribution in [0.5, 0.6) is 0 Å². The molecule has 1 heterocycles. The van der Waals surface area contributed by atoms with E-state index < -0.39 is 5.97 Å². The first kappa shape index (κ1) is 14.1. The summed E-state index contributed by atoms with van der Waals surface area (Å²) in [5.41, 5.74) is 1.57. The zero-order valence-corrected chi connectivity index (χ0v) is 12.3. The van der Waals surface area contributed by atoms with Gasteiger partial charge in [0, 0.05) is 5.92 Å². The highest BCUT2D eigenvalue weighted by Gasteiger charge is 2.33. The normalized spacial score (nSPS) is 16.6. The van der Waals surface area contributed by atoms with Gasteiger partial charge in [-0.25, -0.2) is 9.78 Å². The second-order valence-corrected chi connectivity index (χ2v) is 6.09. The number of hydrogen-bond acceptors (Lipinski definition) is 3. The number of carboxylic acid groups (broad SMARTS) is 1. The third kappa shape index (κ3) is 2.31. The molecule has 3 rings (SSSR count). The number of nitrogens with zero attached hydrogens (tertiary/aromatic N) is 2. The number of imidazole rings is 1. The number of aromatic carboxylic acids is 1. The van der Waals surface area contributed by atoms with Gasteiger partial charge < -0.3 is 14.8 Å². The molecule has 112 valence electrons. The Morgan fingerprint density at radius 3 is 2.67 bits per heavy atom. The van der Waals surface area contributed by atoms with Gasteiger partial charge >= 0.3 is 5.97 Å². The third-order valence-electron chi connectivity index (χ3n) is 4.21. The summed E-state index contributed by atoms with van der Waals surface area (Å²) in [7, 11) is 0. The molecule has 1 aliphatic carbocycles. The van der Waals surface area contributed by atoms with Crippen molar-refractivity contribution >= 4 is 17.0 Å². The first-order valence-corrected chi connectivity index (χ1v) is 7.39. The predicted octanol–water partition coefficient (Wildman–Crippen LogP) is 2.80. The van der Waals surface area contributed by atoms with E-state index in [1.165, 1.54) is 0 Å². The zero-order valence-electron chi connectivity index (χ0n) is 12.3. The maximum atomic E-state index is 11.4. The van der Waals surface area contributed by atoms with Crippen LogP contribution in [-0.2, 0) is 0 Å². The molecule has 0 unspecified atom stereocenters. The van der Waals surface area contributed by atoms with Gasteiger partial charge in [0.25, 0.3) is 0 Å². The van der Waals surface area contributed by atoms with Crippen LogP contribution in [0.15, 0.2) is 18.2 Å². The SMILES string of the molecule is CC(C)[C@H](CO)n1c(C2CC2)nc2c(C(=O)O)cccc21. The molecular formula is C16H20N2O3. The minimum atomic E-state index is -0.960. The molecule has 0 spiro atoms. The molecule has 21 heavy (non-hydrogen) atoms. The predicted molar refractivity (Wildman–Crippen MR) is 79.6 cm³/mol. The van der Waals surface area contributed by atoms with Crippen LogP contribution in [0.1, 0.15) is 54.8 Å². The Morgan fingerprint density at radius 1 is 1.43 bits per heavy atom. The van der Waals surface area contributed by atoms with Gasteiger partial charge in [-0.05, 0) is 30.9 Å². The fourth-order valence-electron chi connectivity index (χ4n) is 2.88. The summed E-state index contributed by atoms with van der Waals surface area (Å²) in [5.74, 6) is 0.606. The Morgan fingerprint density at radius 2 is 2.14 bits per heavy atom. The van der Waals surface area contributed by atoms with E-state index in [9.17, 15) is 15.0 Å². The molecule has 1 aliphatic rings. The van der Waals surface area contributed by atoms with Crippen molar-refractivity contribution in [3.8, 4) is 0 Å². The Bertz CT molecular complexity index is 686. The molecule has 0 amide bonds. The lowest BCUT2D eigenvalue weighted by Crippen LogP contribution is -2.21. The van der Waals surface area contributed by atoms with Gasteiger partial charge in [-0.1, -0.05) is 19.9 Å². The van der Waals surface area contributed by atoms with Crippen molar-refractivity contribution in [3.63, 3.8) is 0 Å². The van der Waals surface area contributed by atoms with E-state index in [2.05, 4.69) is 23.4 Å². The van der Waals surface area contributed by atoms with Gasteiger partial charge in [0.1, 0.15) is 11.3 Å². The maximum Gasteiger partial charge on any atom is 0.337 e. The van der Waals surface area contributed by atoms with E-state index in [4.69, 9.17) is 0 Å². The average molecular weight is 288 g/mol. The molecular weight excluding hydrogens is 268 g/mol. The number of hydrogen-bond donors (Lipinski definition) is 2. The summed E-state index contributed by atoms with van der Waals surface area (Å²) in [4.78, 5) is 16.0. The smallest absolute Gasteiger partial charge is 0.337 e. The topological polar surface area (TPSA) is 75.3 Å². The van der Waals surface area contributed by atoms with Crippen LogP contribution in [0.3, 0.4) is 0 Å². The van der Waals surface area contributed by atoms with Crippen molar-refractivity contribution in [2.75, 3.05) is 6.61 Å². The fraction of sp³-hybridized carbons (Fsp3) is 0.500. The van der Waals surface area contributed by atoms with Crippen LogP contribution in [0.2, 0.25) is 0 Å². The largest absolute Gasteiger partial charge is 0.478 e. The van der Waals surface area contributed by atoms with Crippen LogP contribution >= 0.6 is 0 Å². The number of benzene rings is 1. The summed E-state index contributed by atoms with van der Waals surface area (Å²) in [5, 5.41) is 19.1. The number of aliphatic hydroxyl groups is 1. The van der Waals surface area contributed by atoms with E-state index in [0.29, 0.717) is 11.4 Å². The van der Waals surface area contributed by atoms with Gasteiger partial charge in [-0.15, -0.1) is 0 Å². The van der Waals surface area contributed by atoms with Crippen LogP contribution in [0.25, 0.3) is 11.0 Å². The standard InChI is InChI=1S/C16H20N2O3/c1-9(2)13(8-19)18-12-5-3-4-11(16(20)21)14(12)17-15(18)10-6-7-10/h3-5,9-10,13,19H,6-8H2,1-2H3,(H,20,21)/t13-/m0/s1. The number of carbonyl (C=O) groups is 1. The van der Waals surface area contributed by atoms with Gasteiger partial charge in [0.2, 0.25) is 0 Å². The highest BCUT2D eigenvalue weighted by molar-refractivity contribution is 6.01. The monoisotopic (exact) mass is 288 g/mol. The number of fused-ring (bicyclic) bond motifs is 1. The van der Waals surface area contributed by atoms with Crippen LogP contribution in [0.4, 0.5) is 0 Å². The van der Waals surface area contributed by atoms with Crippen molar-refractivity contribution in [1.29, 1.82) is 0 Å². The van der Waals surface area contributed by atoms with Crippen LogP contribution in [-0.4, -0.2) is 32.3 Å². The number of carboxylic acids is 1. The number of aliphatic hydroxyl groups excluding tert-OH is 1. The minimum absolute atomic E-state index is 0.0279. The second kappa shape index (κ2) is 5.15. The molecule has 0 radical (unpaired) electrons. The maximum absolute atomic E-state index is 11.4. The van der Waals surface area contributed by atoms with Crippen molar-refractivity contribution in [3.05, 3.63) is 29.6 Å². The van der Waals surface area contributed by atoms with Gasteiger partial charge in [0.05, 0.1) is 23.7 Å². The van der Waals surface area contributed by atoms with Gasteiger partial charge in [-0.3, -0.25) is 0 Å². The summed E-state index contributed by atoms with van der Waals surface area (Å²) in [6, 6.07) is 5.15. The first-order chi connectivity index (χ1) is 10.0. The minimum Gasteiger partial charge on any atom is -0.478 e. The Kier molecular flexibility index (Phi) is 3.45. The van der Waals surface area contributed by atoms with E-state index in [1.807, 2.05) is 6.07 Å². The zero-order chi connectivity index (χ0) is 15.1. The van der Waals surface area contributed by atoms with Crippen molar-refractivity contribution in [2.45, 2.75) is 38.6 Å². The number of aromatic nitrogens is 2. The number of rotatable bonds is 5. The Hall–Kier alpha value is -1.88. The van der Waals surface area contributed by atoms with Crippen molar-refractivity contribution < 1.29 is 15.0 Å². The highest BCUT2D eigenvalue weighted by Crippen LogP contribution is 2.43. The third-order valence-corrected chi connectivity index (χ3v) is 4.21. The van der Waals surface area contributed by atoms with E-state index in [-0.39, 0.29) is 24.1 Å². The van der Waals surface area contributed by atoms with Crippen LogP contribution in [0, 0.1) is 5.92 Å². The molecule has 1 aromatic carbocycles. The highest BCUT2D eigenvalue weighted by atomic mass is 16.4. The summed E-state index contributed by atoms with van der Waals surface area (Å²) in [6.45, 7) is 4.15. The van der Waals surface area contributed by atoms with E-state index >= 15 is 0 Å². The molecule has 1 aromatic heterocycles. The lowest BCUT2D eigenvalue weighted by molar-refractivity contribution is 0.0699. The summed E-state index contributed by atoms with van der Waals surface area (Å²) >= 11 is 0. The molecule has 0 saturated heterocycles. The molecule has 1 saturated carbocycles. The van der Waals surface area contributed by atoms with Gasteiger partial charge in [-0.2, -0.15) is 0 Å². The molecule has 1 atom stereocenters. The lowest BCUT2D eigenvalue weighted by Gasteiger charge is -2.23. The Balaban J connectivity index is 2.27. The van der Waals surface area contributed by atoms with E-state index in [1.54, 1.807) is 12.1 Å². The van der Waals surface area contributed by atoms with Crippen molar-refractivity contribution in [1.82, 2.24) is 9.55 Å². The fourth-order valence-corrected chi connectivity index (χ4v) is 2.88. The molecule has 0 bridgehead atoms. The van der Waals surface area contributed by atoms with Crippen molar-refractivity contribution in [2.24, 2.45) is 5.92 Å². The molecule has 5 nitrogen and oxygen atoms in total.